The molecule has 0 bridgehead atoms. The minimum Gasteiger partial charge on any atom is -0.438 e. The van der Waals surface area contributed by atoms with Gasteiger partial charge in [0.2, 0.25) is 5.88 Å². The van der Waals surface area contributed by atoms with Crippen LogP contribution in [0.5, 0.6) is 11.6 Å². The molecule has 0 saturated carbocycles. The molecule has 0 aliphatic heterocycles. The molecule has 20 heavy (non-hydrogen) atoms. The molecular weight excluding hydrogens is 255 g/mol. The van der Waals surface area contributed by atoms with Gasteiger partial charge in [-0.25, -0.2) is 9.37 Å². The van der Waals surface area contributed by atoms with Gasteiger partial charge in [-0.05, 0) is 51.1 Å². The summed E-state index contributed by atoms with van der Waals surface area (Å²) in [5.74, 6) is 0.718. The molecule has 0 aliphatic rings. The van der Waals surface area contributed by atoms with Crippen molar-refractivity contribution in [2.45, 2.75) is 27.3 Å². The molecule has 0 amide bonds. The minimum absolute atomic E-state index is 0.315. The number of hydrogen-bond acceptors (Lipinski definition) is 3. The molecule has 4 heteroatoms. The molecule has 106 valence electrons. The molecule has 0 spiro atoms. The largest absolute Gasteiger partial charge is 0.438 e. The molecule has 0 aliphatic carbocycles. The second-order valence-corrected chi connectivity index (χ2v) is 4.91. The standard InChI is InChI=1S/C16H19FN2O/c1-10-5-6-13(17)8-15(10)20-16-14(9-18-4)11(2)7-12(3)19-16/h5-8,18H,9H2,1-4H3. The Hall–Kier alpha value is -1.94. The van der Waals surface area contributed by atoms with E-state index in [1.54, 1.807) is 6.07 Å². The quantitative estimate of drug-likeness (QED) is 0.924. The van der Waals surface area contributed by atoms with Gasteiger partial charge in [-0.2, -0.15) is 0 Å². The zero-order valence-electron chi connectivity index (χ0n) is 12.2. The van der Waals surface area contributed by atoms with Gasteiger partial charge >= 0.3 is 0 Å². The Labute approximate surface area is 118 Å². The summed E-state index contributed by atoms with van der Waals surface area (Å²) < 4.78 is 19.2. The van der Waals surface area contributed by atoms with Crippen molar-refractivity contribution in [1.29, 1.82) is 0 Å². The van der Waals surface area contributed by atoms with Gasteiger partial charge in [-0.15, -0.1) is 0 Å². The van der Waals surface area contributed by atoms with Crippen molar-refractivity contribution in [1.82, 2.24) is 10.3 Å². The number of ether oxygens (including phenoxy) is 1. The van der Waals surface area contributed by atoms with E-state index < -0.39 is 0 Å². The van der Waals surface area contributed by atoms with Gasteiger partial charge in [0.1, 0.15) is 11.6 Å². The van der Waals surface area contributed by atoms with Crippen LogP contribution in [-0.2, 0) is 6.54 Å². The summed E-state index contributed by atoms with van der Waals surface area (Å²) in [7, 11) is 1.87. The summed E-state index contributed by atoms with van der Waals surface area (Å²) in [6, 6.07) is 6.52. The molecular formula is C16H19FN2O. The highest BCUT2D eigenvalue weighted by Crippen LogP contribution is 2.29. The third-order valence-electron chi connectivity index (χ3n) is 3.15. The first-order chi connectivity index (χ1) is 9.51. The molecule has 0 radical (unpaired) electrons. The molecule has 1 N–H and O–H groups in total. The van der Waals surface area contributed by atoms with Gasteiger partial charge in [0, 0.05) is 23.9 Å². The lowest BCUT2D eigenvalue weighted by Crippen LogP contribution is -2.10. The van der Waals surface area contributed by atoms with Gasteiger partial charge in [0.05, 0.1) is 0 Å². The molecule has 0 fully saturated rings. The number of hydrogen-bond donors (Lipinski definition) is 1. The number of nitrogens with one attached hydrogen (secondary N) is 1. The van der Waals surface area contributed by atoms with Gasteiger partial charge < -0.3 is 10.1 Å². The maximum atomic E-state index is 13.3. The lowest BCUT2D eigenvalue weighted by Gasteiger charge is -2.14. The maximum Gasteiger partial charge on any atom is 0.224 e. The Bertz CT molecular complexity index is 626. The fourth-order valence-corrected chi connectivity index (χ4v) is 2.09. The molecule has 1 aromatic heterocycles. The summed E-state index contributed by atoms with van der Waals surface area (Å²) in [4.78, 5) is 4.43. The molecule has 1 heterocycles. The van der Waals surface area contributed by atoms with Crippen LogP contribution in [0.3, 0.4) is 0 Å². The summed E-state index contributed by atoms with van der Waals surface area (Å²) in [5, 5.41) is 3.10. The Morgan fingerprint density at radius 1 is 1.15 bits per heavy atom. The lowest BCUT2D eigenvalue weighted by atomic mass is 10.1. The molecule has 0 saturated heterocycles. The van der Waals surface area contributed by atoms with Crippen molar-refractivity contribution in [3.05, 3.63) is 52.5 Å². The van der Waals surface area contributed by atoms with E-state index in [-0.39, 0.29) is 5.82 Å². The maximum absolute atomic E-state index is 13.3. The van der Waals surface area contributed by atoms with E-state index in [0.717, 1.165) is 22.4 Å². The second-order valence-electron chi connectivity index (χ2n) is 4.91. The Balaban J connectivity index is 2.44. The van der Waals surface area contributed by atoms with E-state index >= 15 is 0 Å². The van der Waals surface area contributed by atoms with Crippen molar-refractivity contribution in [3.8, 4) is 11.6 Å². The number of pyridine rings is 1. The summed E-state index contributed by atoms with van der Waals surface area (Å²) in [5.41, 5.74) is 3.85. The van der Waals surface area contributed by atoms with E-state index in [9.17, 15) is 4.39 Å². The zero-order chi connectivity index (χ0) is 14.7. The predicted octanol–water partition coefficient (Wildman–Crippen LogP) is 3.66. The van der Waals surface area contributed by atoms with Crippen molar-refractivity contribution in [2.24, 2.45) is 0 Å². The Kier molecular flexibility index (Phi) is 4.35. The first-order valence-corrected chi connectivity index (χ1v) is 6.57. The fourth-order valence-electron chi connectivity index (χ4n) is 2.09. The van der Waals surface area contributed by atoms with Gasteiger partial charge in [-0.1, -0.05) is 6.07 Å². The average Bonchev–Trinajstić information content (AvgIpc) is 2.38. The number of aromatic nitrogens is 1. The fraction of sp³-hybridized carbons (Fsp3) is 0.312. The van der Waals surface area contributed by atoms with E-state index in [1.807, 2.05) is 33.9 Å². The van der Waals surface area contributed by atoms with Crippen LogP contribution in [0.1, 0.15) is 22.4 Å². The molecule has 0 unspecified atom stereocenters. The smallest absolute Gasteiger partial charge is 0.224 e. The highest BCUT2D eigenvalue weighted by molar-refractivity contribution is 5.41. The highest BCUT2D eigenvalue weighted by atomic mass is 19.1. The van der Waals surface area contributed by atoms with E-state index in [4.69, 9.17) is 4.74 Å². The summed E-state index contributed by atoms with van der Waals surface area (Å²) >= 11 is 0. The zero-order valence-corrected chi connectivity index (χ0v) is 12.2. The molecule has 2 aromatic rings. The summed E-state index contributed by atoms with van der Waals surface area (Å²) in [6.07, 6.45) is 0. The van der Waals surface area contributed by atoms with Crippen LogP contribution in [0, 0.1) is 26.6 Å². The number of nitrogens with zero attached hydrogens (tertiary/aromatic N) is 1. The highest BCUT2D eigenvalue weighted by Gasteiger charge is 2.12. The van der Waals surface area contributed by atoms with E-state index in [2.05, 4.69) is 10.3 Å². The normalized spacial score (nSPS) is 10.7. The van der Waals surface area contributed by atoms with Crippen LogP contribution < -0.4 is 10.1 Å². The molecule has 0 atom stereocenters. The molecule has 2 rings (SSSR count). The first kappa shape index (κ1) is 14.5. The van der Waals surface area contributed by atoms with Crippen LogP contribution in [-0.4, -0.2) is 12.0 Å². The average molecular weight is 274 g/mol. The minimum atomic E-state index is -0.315. The van der Waals surface area contributed by atoms with Gasteiger partial charge in [-0.3, -0.25) is 0 Å². The number of halogens is 1. The number of rotatable bonds is 4. The van der Waals surface area contributed by atoms with Crippen molar-refractivity contribution >= 4 is 0 Å². The lowest BCUT2D eigenvalue weighted by molar-refractivity contribution is 0.444. The van der Waals surface area contributed by atoms with E-state index in [0.29, 0.717) is 18.2 Å². The number of aryl methyl sites for hydroxylation is 3. The van der Waals surface area contributed by atoms with Crippen LogP contribution >= 0.6 is 0 Å². The van der Waals surface area contributed by atoms with Crippen LogP contribution in [0.15, 0.2) is 24.3 Å². The van der Waals surface area contributed by atoms with Crippen LogP contribution in [0.2, 0.25) is 0 Å². The van der Waals surface area contributed by atoms with Crippen molar-refractivity contribution in [3.63, 3.8) is 0 Å². The van der Waals surface area contributed by atoms with Crippen molar-refractivity contribution in [2.75, 3.05) is 7.05 Å². The Morgan fingerprint density at radius 2 is 1.90 bits per heavy atom. The van der Waals surface area contributed by atoms with Crippen LogP contribution in [0.4, 0.5) is 4.39 Å². The third-order valence-corrected chi connectivity index (χ3v) is 3.15. The SMILES string of the molecule is CNCc1c(C)cc(C)nc1Oc1cc(F)ccc1C. The van der Waals surface area contributed by atoms with Gasteiger partial charge in [0.15, 0.2) is 0 Å². The van der Waals surface area contributed by atoms with E-state index in [1.165, 1.54) is 12.1 Å². The van der Waals surface area contributed by atoms with Gasteiger partial charge in [0.25, 0.3) is 0 Å². The molecule has 1 aromatic carbocycles. The third kappa shape index (κ3) is 3.14. The monoisotopic (exact) mass is 274 g/mol. The summed E-state index contributed by atoms with van der Waals surface area (Å²) in [6.45, 7) is 6.48. The topological polar surface area (TPSA) is 34.2 Å². The molecule has 3 nitrogen and oxygen atoms in total. The number of benzene rings is 1. The Morgan fingerprint density at radius 3 is 2.60 bits per heavy atom. The predicted molar refractivity (Wildman–Crippen MR) is 77.7 cm³/mol. The second kappa shape index (κ2) is 6.01. The first-order valence-electron chi connectivity index (χ1n) is 6.57. The van der Waals surface area contributed by atoms with Crippen molar-refractivity contribution < 1.29 is 9.13 Å². The van der Waals surface area contributed by atoms with Crippen LogP contribution in [0.25, 0.3) is 0 Å².